The fourth-order valence-electron chi connectivity index (χ4n) is 3.63. The molecule has 0 atom stereocenters. The standard InChI is InChI=1S/C20H29N3O3.H2/c1-4-25-11-12-26-17-7-5-16(6-8-17)22-20(24)18-9-10-23-15(3)13-14(2)21-19(18)23;/h9-10,13,16-17H,4-8,11-12H2,1-3H3,(H,22,24);1H. The molecule has 2 heterocycles. The summed E-state index contributed by atoms with van der Waals surface area (Å²) in [7, 11) is 0. The molecule has 1 aliphatic carbocycles. The molecule has 144 valence electrons. The summed E-state index contributed by atoms with van der Waals surface area (Å²) in [5.74, 6) is -0.0364. The monoisotopic (exact) mass is 361 g/mol. The Hall–Kier alpha value is -1.92. The van der Waals surface area contributed by atoms with E-state index in [-0.39, 0.29) is 19.5 Å². The summed E-state index contributed by atoms with van der Waals surface area (Å²) in [6.07, 6.45) is 6.04. The number of rotatable bonds is 7. The Bertz CT molecular complexity index is 754. The maximum Gasteiger partial charge on any atom is 0.255 e. The Morgan fingerprint density at radius 2 is 2.08 bits per heavy atom. The summed E-state index contributed by atoms with van der Waals surface area (Å²) in [4.78, 5) is 17.3. The zero-order valence-corrected chi connectivity index (χ0v) is 16.0. The summed E-state index contributed by atoms with van der Waals surface area (Å²) in [5.41, 5.74) is 3.38. The Labute approximate surface area is 156 Å². The third kappa shape index (κ3) is 4.43. The highest BCUT2D eigenvalue weighted by Crippen LogP contribution is 2.22. The van der Waals surface area contributed by atoms with E-state index in [9.17, 15) is 4.79 Å². The van der Waals surface area contributed by atoms with Crippen LogP contribution in [0.5, 0.6) is 0 Å². The highest BCUT2D eigenvalue weighted by atomic mass is 16.5. The highest BCUT2D eigenvalue weighted by Gasteiger charge is 2.24. The smallest absolute Gasteiger partial charge is 0.255 e. The van der Waals surface area contributed by atoms with Gasteiger partial charge in [-0.25, -0.2) is 4.98 Å². The maximum atomic E-state index is 12.7. The molecule has 1 aliphatic rings. The topological polar surface area (TPSA) is 64.9 Å². The number of nitrogens with zero attached hydrogens (tertiary/aromatic N) is 2. The van der Waals surface area contributed by atoms with Gasteiger partial charge in [-0.2, -0.15) is 0 Å². The molecule has 0 unspecified atom stereocenters. The minimum Gasteiger partial charge on any atom is -0.379 e. The summed E-state index contributed by atoms with van der Waals surface area (Å²) >= 11 is 0. The lowest BCUT2D eigenvalue weighted by Crippen LogP contribution is -2.39. The molecule has 3 rings (SSSR count). The van der Waals surface area contributed by atoms with Gasteiger partial charge in [0.2, 0.25) is 0 Å². The molecule has 0 aliphatic heterocycles. The van der Waals surface area contributed by atoms with Gasteiger partial charge in [-0.15, -0.1) is 0 Å². The molecule has 0 aromatic carbocycles. The Morgan fingerprint density at radius 1 is 1.31 bits per heavy atom. The van der Waals surface area contributed by atoms with Crippen molar-refractivity contribution in [2.75, 3.05) is 19.8 Å². The summed E-state index contributed by atoms with van der Waals surface area (Å²) in [6, 6.07) is 4.07. The van der Waals surface area contributed by atoms with Crippen LogP contribution in [-0.4, -0.2) is 47.3 Å². The van der Waals surface area contributed by atoms with E-state index in [0.29, 0.717) is 18.8 Å². The van der Waals surface area contributed by atoms with Crippen LogP contribution >= 0.6 is 0 Å². The number of fused-ring (bicyclic) bond motifs is 1. The molecule has 0 spiro atoms. The predicted octanol–water partition coefficient (Wildman–Crippen LogP) is 3.29. The van der Waals surface area contributed by atoms with E-state index in [0.717, 1.165) is 49.3 Å². The van der Waals surface area contributed by atoms with Gasteiger partial charge in [-0.1, -0.05) is 0 Å². The van der Waals surface area contributed by atoms with Crippen molar-refractivity contribution in [3.05, 3.63) is 35.3 Å². The van der Waals surface area contributed by atoms with E-state index in [1.807, 2.05) is 43.5 Å². The van der Waals surface area contributed by atoms with Gasteiger partial charge >= 0.3 is 0 Å². The molecule has 26 heavy (non-hydrogen) atoms. The number of ether oxygens (including phenoxy) is 2. The molecule has 1 fully saturated rings. The Balaban J connectivity index is 0.00000261. The van der Waals surface area contributed by atoms with Gasteiger partial charge in [0, 0.05) is 31.7 Å². The van der Waals surface area contributed by atoms with E-state index in [2.05, 4.69) is 10.3 Å². The first-order valence-corrected chi connectivity index (χ1v) is 9.54. The molecule has 1 saturated carbocycles. The zero-order valence-electron chi connectivity index (χ0n) is 16.0. The third-order valence-electron chi connectivity index (χ3n) is 4.98. The number of amides is 1. The summed E-state index contributed by atoms with van der Waals surface area (Å²) in [5, 5.41) is 3.18. The third-order valence-corrected chi connectivity index (χ3v) is 4.98. The van der Waals surface area contributed by atoms with Gasteiger partial charge in [0.05, 0.1) is 24.9 Å². The van der Waals surface area contributed by atoms with Crippen molar-refractivity contribution in [1.29, 1.82) is 0 Å². The van der Waals surface area contributed by atoms with Crippen LogP contribution in [0.25, 0.3) is 5.65 Å². The van der Waals surface area contributed by atoms with E-state index >= 15 is 0 Å². The van der Waals surface area contributed by atoms with Crippen molar-refractivity contribution in [2.24, 2.45) is 0 Å². The lowest BCUT2D eigenvalue weighted by atomic mass is 9.93. The number of carbonyl (C=O) groups is 1. The van der Waals surface area contributed by atoms with Crippen LogP contribution in [0.1, 0.15) is 55.8 Å². The normalized spacial score (nSPS) is 20.4. The fraction of sp³-hybridized carbons (Fsp3) is 0.600. The van der Waals surface area contributed by atoms with Crippen molar-refractivity contribution in [3.63, 3.8) is 0 Å². The van der Waals surface area contributed by atoms with E-state index < -0.39 is 0 Å². The molecular formula is C20H31N3O3. The van der Waals surface area contributed by atoms with Gasteiger partial charge in [-0.05, 0) is 58.6 Å². The first-order valence-electron chi connectivity index (χ1n) is 9.54. The van der Waals surface area contributed by atoms with Crippen molar-refractivity contribution in [3.8, 4) is 0 Å². The molecule has 2 aromatic heterocycles. The first-order chi connectivity index (χ1) is 12.6. The van der Waals surface area contributed by atoms with Gasteiger partial charge in [0.1, 0.15) is 5.65 Å². The van der Waals surface area contributed by atoms with Crippen LogP contribution in [0.3, 0.4) is 0 Å². The highest BCUT2D eigenvalue weighted by molar-refractivity contribution is 6.00. The number of aromatic nitrogens is 2. The first kappa shape index (κ1) is 18.9. The lowest BCUT2D eigenvalue weighted by molar-refractivity contribution is -0.0113. The number of hydrogen-bond acceptors (Lipinski definition) is 4. The van der Waals surface area contributed by atoms with E-state index in [4.69, 9.17) is 9.47 Å². The molecule has 6 nitrogen and oxygen atoms in total. The SMILES string of the molecule is CCOCCOC1CCC(NC(=O)c2ccn3c(C)cc(C)nc23)CC1.[HH]. The maximum absolute atomic E-state index is 12.7. The largest absolute Gasteiger partial charge is 0.379 e. The van der Waals surface area contributed by atoms with Gasteiger partial charge < -0.3 is 19.2 Å². The van der Waals surface area contributed by atoms with Crippen molar-refractivity contribution in [1.82, 2.24) is 14.7 Å². The van der Waals surface area contributed by atoms with Crippen LogP contribution in [0, 0.1) is 13.8 Å². The Kier molecular flexibility index (Phi) is 6.27. The number of aryl methyl sites for hydroxylation is 2. The van der Waals surface area contributed by atoms with Crippen LogP contribution < -0.4 is 5.32 Å². The average Bonchev–Trinajstić information content (AvgIpc) is 3.04. The van der Waals surface area contributed by atoms with E-state index in [1.165, 1.54) is 0 Å². The molecule has 2 aromatic rings. The minimum absolute atomic E-state index is 0. The molecule has 1 amide bonds. The average molecular weight is 361 g/mol. The lowest BCUT2D eigenvalue weighted by Gasteiger charge is -2.29. The van der Waals surface area contributed by atoms with Gasteiger partial charge in [-0.3, -0.25) is 4.79 Å². The number of hydrogen-bond donors (Lipinski definition) is 1. The van der Waals surface area contributed by atoms with Crippen LogP contribution in [-0.2, 0) is 9.47 Å². The second kappa shape index (κ2) is 8.64. The minimum atomic E-state index is -0.0364. The van der Waals surface area contributed by atoms with E-state index in [1.54, 1.807) is 0 Å². The second-order valence-electron chi connectivity index (χ2n) is 6.98. The van der Waals surface area contributed by atoms with Crippen LogP contribution in [0.2, 0.25) is 0 Å². The van der Waals surface area contributed by atoms with Crippen molar-refractivity contribution < 1.29 is 15.7 Å². The zero-order chi connectivity index (χ0) is 18.5. The van der Waals surface area contributed by atoms with Crippen molar-refractivity contribution in [2.45, 2.75) is 58.6 Å². The van der Waals surface area contributed by atoms with Crippen LogP contribution in [0.15, 0.2) is 18.3 Å². The van der Waals surface area contributed by atoms with Gasteiger partial charge in [0.25, 0.3) is 5.91 Å². The molecule has 0 saturated heterocycles. The molecule has 1 N–H and O–H groups in total. The molecular weight excluding hydrogens is 330 g/mol. The quantitative estimate of drug-likeness (QED) is 0.769. The van der Waals surface area contributed by atoms with Crippen LogP contribution in [0.4, 0.5) is 0 Å². The molecule has 0 bridgehead atoms. The van der Waals surface area contributed by atoms with Crippen molar-refractivity contribution >= 4 is 11.6 Å². The fourth-order valence-corrected chi connectivity index (χ4v) is 3.63. The summed E-state index contributed by atoms with van der Waals surface area (Å²) in [6.45, 7) is 7.99. The van der Waals surface area contributed by atoms with Gasteiger partial charge in [0.15, 0.2) is 0 Å². The number of nitrogens with one attached hydrogen (secondary N) is 1. The molecule has 6 heteroatoms. The predicted molar refractivity (Wildman–Crippen MR) is 103 cm³/mol. The second-order valence-corrected chi connectivity index (χ2v) is 6.98. The number of carbonyl (C=O) groups excluding carboxylic acids is 1. The summed E-state index contributed by atoms with van der Waals surface area (Å²) < 4.78 is 13.1. The Morgan fingerprint density at radius 3 is 2.81 bits per heavy atom. The molecule has 0 radical (unpaired) electrons.